The highest BCUT2D eigenvalue weighted by molar-refractivity contribution is 7.84. The molecule has 0 aromatic heterocycles. The number of nitrogens with two attached hydrogens (primary N) is 1. The van der Waals surface area contributed by atoms with Crippen molar-refractivity contribution in [1.29, 1.82) is 0 Å². The molecule has 86 valence electrons. The minimum Gasteiger partial charge on any atom is -0.396 e. The number of rotatable bonds is 9. The topological polar surface area (TPSA) is 63.3 Å². The molecule has 0 bridgehead atoms. The van der Waals surface area contributed by atoms with Gasteiger partial charge in [0.05, 0.1) is 0 Å². The third-order valence-electron chi connectivity index (χ3n) is 2.15. The highest BCUT2D eigenvalue weighted by Gasteiger charge is 2.05. The summed E-state index contributed by atoms with van der Waals surface area (Å²) in [6.07, 6.45) is 3.99. The zero-order chi connectivity index (χ0) is 10.8. The number of hydrogen-bond acceptors (Lipinski definition) is 3. The zero-order valence-electron chi connectivity index (χ0n) is 9.08. The van der Waals surface area contributed by atoms with Gasteiger partial charge in [-0.25, -0.2) is 0 Å². The highest BCUT2D eigenvalue weighted by Crippen LogP contribution is 2.03. The number of aliphatic hydroxyl groups excluding tert-OH is 1. The Hall–Kier alpha value is 0.0700. The van der Waals surface area contributed by atoms with Crippen molar-refractivity contribution in [3.8, 4) is 0 Å². The lowest BCUT2D eigenvalue weighted by Gasteiger charge is -2.07. The molecule has 0 aliphatic heterocycles. The first-order valence-electron chi connectivity index (χ1n) is 5.36. The molecular formula is C10H23NO2S. The lowest BCUT2D eigenvalue weighted by molar-refractivity contribution is 0.283. The molecule has 0 saturated carbocycles. The number of aliphatic hydroxyl groups is 1. The van der Waals surface area contributed by atoms with Gasteiger partial charge >= 0.3 is 0 Å². The number of hydrogen-bond donors (Lipinski definition) is 2. The van der Waals surface area contributed by atoms with E-state index in [1.807, 2.05) is 6.92 Å². The van der Waals surface area contributed by atoms with Gasteiger partial charge in [0.15, 0.2) is 0 Å². The summed E-state index contributed by atoms with van der Waals surface area (Å²) in [6.45, 7) is 2.92. The van der Waals surface area contributed by atoms with Crippen molar-refractivity contribution in [2.75, 3.05) is 24.7 Å². The largest absolute Gasteiger partial charge is 0.396 e. The van der Waals surface area contributed by atoms with Crippen molar-refractivity contribution in [3.05, 3.63) is 0 Å². The third kappa shape index (κ3) is 8.66. The van der Waals surface area contributed by atoms with Crippen LogP contribution in [0.4, 0.5) is 0 Å². The lowest BCUT2D eigenvalue weighted by Crippen LogP contribution is -2.18. The molecule has 2 unspecified atom stereocenters. The van der Waals surface area contributed by atoms with Crippen LogP contribution in [0.1, 0.15) is 32.6 Å². The van der Waals surface area contributed by atoms with Crippen LogP contribution in [0.15, 0.2) is 0 Å². The van der Waals surface area contributed by atoms with Crippen molar-refractivity contribution in [2.24, 2.45) is 11.7 Å². The molecule has 0 saturated heterocycles. The first kappa shape index (κ1) is 14.1. The maximum absolute atomic E-state index is 11.5. The van der Waals surface area contributed by atoms with E-state index in [2.05, 4.69) is 0 Å². The van der Waals surface area contributed by atoms with Crippen LogP contribution in [-0.2, 0) is 10.8 Å². The molecule has 14 heavy (non-hydrogen) atoms. The van der Waals surface area contributed by atoms with Gasteiger partial charge in [0.25, 0.3) is 0 Å². The quantitative estimate of drug-likeness (QED) is 0.568. The van der Waals surface area contributed by atoms with E-state index in [-0.39, 0.29) is 6.61 Å². The smallest absolute Gasteiger partial charge is 0.0431 e. The molecule has 0 spiro atoms. The van der Waals surface area contributed by atoms with E-state index in [0.29, 0.717) is 12.5 Å². The fraction of sp³-hybridized carbons (Fsp3) is 1.00. The summed E-state index contributed by atoms with van der Waals surface area (Å²) in [6, 6.07) is 0. The lowest BCUT2D eigenvalue weighted by atomic mass is 10.2. The fourth-order valence-electron chi connectivity index (χ4n) is 1.20. The van der Waals surface area contributed by atoms with Gasteiger partial charge in [-0.2, -0.15) is 0 Å². The van der Waals surface area contributed by atoms with Crippen molar-refractivity contribution in [2.45, 2.75) is 32.6 Å². The Bertz CT molecular complexity index is 153. The molecule has 0 rings (SSSR count). The molecule has 0 aliphatic carbocycles. The second-order valence-corrected chi connectivity index (χ2v) is 5.41. The van der Waals surface area contributed by atoms with Gasteiger partial charge in [-0.3, -0.25) is 4.21 Å². The van der Waals surface area contributed by atoms with Crippen LogP contribution in [0, 0.1) is 5.92 Å². The first-order chi connectivity index (χ1) is 6.70. The summed E-state index contributed by atoms with van der Waals surface area (Å²) < 4.78 is 11.5. The average Bonchev–Trinajstić information content (AvgIpc) is 2.17. The standard InChI is InChI=1S/C10H23NO2S/c1-10(8-11)9-14(13)7-5-3-2-4-6-12/h10,12H,2-9,11H2,1H3. The molecule has 0 aromatic carbocycles. The minimum absolute atomic E-state index is 0.271. The summed E-state index contributed by atoms with van der Waals surface area (Å²) >= 11 is 0. The first-order valence-corrected chi connectivity index (χ1v) is 6.85. The van der Waals surface area contributed by atoms with Gasteiger partial charge in [0.2, 0.25) is 0 Å². The van der Waals surface area contributed by atoms with Crippen molar-refractivity contribution in [3.63, 3.8) is 0 Å². The Morgan fingerprint density at radius 3 is 2.50 bits per heavy atom. The van der Waals surface area contributed by atoms with Crippen LogP contribution in [0.2, 0.25) is 0 Å². The van der Waals surface area contributed by atoms with E-state index in [9.17, 15) is 4.21 Å². The SMILES string of the molecule is CC(CN)CS(=O)CCCCCCO. The predicted octanol–water partition coefficient (Wildman–Crippen LogP) is 0.883. The van der Waals surface area contributed by atoms with Crippen molar-refractivity contribution >= 4 is 10.8 Å². The normalized spacial score (nSPS) is 15.4. The van der Waals surface area contributed by atoms with Gasteiger partial charge in [0, 0.05) is 28.9 Å². The van der Waals surface area contributed by atoms with E-state index >= 15 is 0 Å². The molecule has 0 aromatic rings. The van der Waals surface area contributed by atoms with E-state index < -0.39 is 10.8 Å². The van der Waals surface area contributed by atoms with Crippen LogP contribution < -0.4 is 5.73 Å². The maximum atomic E-state index is 11.5. The Kier molecular flexibility index (Phi) is 9.67. The molecule has 0 aliphatic rings. The Morgan fingerprint density at radius 1 is 1.29 bits per heavy atom. The van der Waals surface area contributed by atoms with Crippen LogP contribution in [0.25, 0.3) is 0 Å². The van der Waals surface area contributed by atoms with Gasteiger partial charge in [-0.15, -0.1) is 0 Å². The van der Waals surface area contributed by atoms with Gasteiger partial charge in [-0.1, -0.05) is 19.8 Å². The van der Waals surface area contributed by atoms with E-state index in [0.717, 1.165) is 37.2 Å². The van der Waals surface area contributed by atoms with Gasteiger partial charge < -0.3 is 10.8 Å². The molecule has 3 nitrogen and oxygen atoms in total. The molecule has 3 N–H and O–H groups in total. The van der Waals surface area contributed by atoms with Gasteiger partial charge in [0.1, 0.15) is 0 Å². The van der Waals surface area contributed by atoms with Crippen LogP contribution in [0.5, 0.6) is 0 Å². The molecular weight excluding hydrogens is 198 g/mol. The monoisotopic (exact) mass is 221 g/mol. The second kappa shape index (κ2) is 9.62. The minimum atomic E-state index is -0.698. The highest BCUT2D eigenvalue weighted by atomic mass is 32.2. The summed E-state index contributed by atoms with van der Waals surface area (Å²) in [5, 5.41) is 8.55. The fourth-order valence-corrected chi connectivity index (χ4v) is 2.66. The molecule has 0 heterocycles. The molecule has 2 atom stereocenters. The van der Waals surface area contributed by atoms with E-state index in [1.54, 1.807) is 0 Å². The molecule has 0 amide bonds. The van der Waals surface area contributed by atoms with E-state index in [4.69, 9.17) is 10.8 Å². The summed E-state index contributed by atoms with van der Waals surface area (Å²) in [5.41, 5.74) is 5.45. The Morgan fingerprint density at radius 2 is 1.93 bits per heavy atom. The third-order valence-corrected chi connectivity index (χ3v) is 3.84. The average molecular weight is 221 g/mol. The van der Waals surface area contributed by atoms with Gasteiger partial charge in [-0.05, 0) is 25.3 Å². The van der Waals surface area contributed by atoms with Crippen molar-refractivity contribution in [1.82, 2.24) is 0 Å². The summed E-state index contributed by atoms with van der Waals surface area (Å²) in [5.74, 6) is 1.89. The molecule has 0 fully saturated rings. The molecule has 0 radical (unpaired) electrons. The van der Waals surface area contributed by atoms with Crippen LogP contribution >= 0.6 is 0 Å². The Balaban J connectivity index is 3.27. The second-order valence-electron chi connectivity index (χ2n) is 3.79. The zero-order valence-corrected chi connectivity index (χ0v) is 9.89. The predicted molar refractivity (Wildman–Crippen MR) is 61.6 cm³/mol. The maximum Gasteiger partial charge on any atom is 0.0431 e. The van der Waals surface area contributed by atoms with E-state index in [1.165, 1.54) is 0 Å². The summed E-state index contributed by atoms with van der Waals surface area (Å²) in [4.78, 5) is 0. The van der Waals surface area contributed by atoms with Crippen LogP contribution in [0.3, 0.4) is 0 Å². The van der Waals surface area contributed by atoms with Crippen LogP contribution in [-0.4, -0.2) is 34.0 Å². The summed E-state index contributed by atoms with van der Waals surface area (Å²) in [7, 11) is -0.698. The molecule has 4 heteroatoms. The van der Waals surface area contributed by atoms with Crippen molar-refractivity contribution < 1.29 is 9.32 Å². The Labute approximate surface area is 89.5 Å². The number of unbranched alkanes of at least 4 members (excludes halogenated alkanes) is 3.